The zero-order chi connectivity index (χ0) is 11.7. The summed E-state index contributed by atoms with van der Waals surface area (Å²) in [5, 5.41) is 0. The molecule has 1 saturated heterocycles. The molecule has 1 aromatic rings. The minimum Gasteiger partial charge on any atom is -0.494 e. The monoisotopic (exact) mass is 223 g/mol. The molecule has 0 radical (unpaired) electrons. The van der Waals surface area contributed by atoms with Crippen molar-refractivity contribution < 1.29 is 13.9 Å². The Morgan fingerprint density at radius 3 is 2.75 bits per heavy atom. The van der Waals surface area contributed by atoms with Crippen LogP contribution in [0.4, 0.5) is 4.39 Å². The average Bonchev–Trinajstić information content (AvgIpc) is 2.24. The van der Waals surface area contributed by atoms with Crippen molar-refractivity contribution in [1.82, 2.24) is 4.90 Å². The molecule has 0 bridgehead atoms. The van der Waals surface area contributed by atoms with Gasteiger partial charge in [-0.3, -0.25) is 4.79 Å². The molecule has 1 aliphatic rings. The van der Waals surface area contributed by atoms with Gasteiger partial charge >= 0.3 is 0 Å². The van der Waals surface area contributed by atoms with Gasteiger partial charge in [-0.1, -0.05) is 6.92 Å². The van der Waals surface area contributed by atoms with E-state index in [1.54, 1.807) is 4.90 Å². The Balaban J connectivity index is 2.17. The molecule has 0 atom stereocenters. The molecule has 16 heavy (non-hydrogen) atoms. The lowest BCUT2D eigenvalue weighted by Crippen LogP contribution is -2.48. The standard InChI is InChI=1S/C12H14FNO2/c1-8-6-14(7-8)12(15)9-3-4-10(13)11(5-9)16-2/h3-5,8H,6-7H2,1-2H3. The van der Waals surface area contributed by atoms with Crippen LogP contribution in [-0.2, 0) is 0 Å². The predicted molar refractivity (Wildman–Crippen MR) is 58.0 cm³/mol. The summed E-state index contributed by atoms with van der Waals surface area (Å²) in [5.41, 5.74) is 0.477. The Bertz CT molecular complexity index is 413. The molecule has 1 fully saturated rings. The fraction of sp³-hybridized carbons (Fsp3) is 0.417. The fourth-order valence-electron chi connectivity index (χ4n) is 1.84. The number of carbonyl (C=O) groups is 1. The van der Waals surface area contributed by atoms with E-state index in [1.807, 2.05) is 0 Å². The van der Waals surface area contributed by atoms with Crippen LogP contribution >= 0.6 is 0 Å². The Kier molecular flexibility index (Phi) is 2.81. The van der Waals surface area contributed by atoms with Crippen LogP contribution in [0.1, 0.15) is 17.3 Å². The van der Waals surface area contributed by atoms with E-state index in [0.29, 0.717) is 11.5 Å². The average molecular weight is 223 g/mol. The maximum absolute atomic E-state index is 13.1. The van der Waals surface area contributed by atoms with Gasteiger partial charge in [0.2, 0.25) is 0 Å². The highest BCUT2D eigenvalue weighted by molar-refractivity contribution is 5.95. The van der Waals surface area contributed by atoms with E-state index in [1.165, 1.54) is 25.3 Å². The summed E-state index contributed by atoms with van der Waals surface area (Å²) in [6, 6.07) is 4.19. The van der Waals surface area contributed by atoms with Crippen molar-refractivity contribution in [2.45, 2.75) is 6.92 Å². The number of hydrogen-bond donors (Lipinski definition) is 0. The smallest absolute Gasteiger partial charge is 0.254 e. The molecule has 0 N–H and O–H groups in total. The third-order valence-electron chi connectivity index (χ3n) is 2.75. The molecule has 0 spiro atoms. The van der Waals surface area contributed by atoms with Crippen LogP contribution in [0, 0.1) is 11.7 Å². The number of amides is 1. The minimum atomic E-state index is -0.448. The van der Waals surface area contributed by atoms with Gasteiger partial charge in [0.05, 0.1) is 7.11 Å². The van der Waals surface area contributed by atoms with Crippen LogP contribution in [0.25, 0.3) is 0 Å². The molecular weight excluding hydrogens is 209 g/mol. The third-order valence-corrected chi connectivity index (χ3v) is 2.75. The molecule has 86 valence electrons. The van der Waals surface area contributed by atoms with Gasteiger partial charge in [-0.2, -0.15) is 0 Å². The fourth-order valence-corrected chi connectivity index (χ4v) is 1.84. The first-order chi connectivity index (χ1) is 7.61. The van der Waals surface area contributed by atoms with Gasteiger partial charge < -0.3 is 9.64 Å². The first kappa shape index (κ1) is 10.9. The maximum Gasteiger partial charge on any atom is 0.254 e. The van der Waals surface area contributed by atoms with Crippen molar-refractivity contribution in [2.75, 3.05) is 20.2 Å². The van der Waals surface area contributed by atoms with Crippen LogP contribution in [0.5, 0.6) is 5.75 Å². The summed E-state index contributed by atoms with van der Waals surface area (Å²) in [5.74, 6) is 0.165. The lowest BCUT2D eigenvalue weighted by atomic mass is 10.0. The van der Waals surface area contributed by atoms with Crippen molar-refractivity contribution in [3.63, 3.8) is 0 Å². The maximum atomic E-state index is 13.1. The molecule has 4 heteroatoms. The van der Waals surface area contributed by atoms with Crippen molar-refractivity contribution in [3.8, 4) is 5.75 Å². The van der Waals surface area contributed by atoms with Gasteiger partial charge in [0.15, 0.2) is 11.6 Å². The van der Waals surface area contributed by atoms with E-state index in [9.17, 15) is 9.18 Å². The van der Waals surface area contributed by atoms with Gasteiger partial charge in [-0.15, -0.1) is 0 Å². The molecule has 1 amide bonds. The summed E-state index contributed by atoms with van der Waals surface area (Å²) in [6.07, 6.45) is 0. The second-order valence-corrected chi connectivity index (χ2v) is 4.16. The number of hydrogen-bond acceptors (Lipinski definition) is 2. The van der Waals surface area contributed by atoms with E-state index in [0.717, 1.165) is 13.1 Å². The summed E-state index contributed by atoms with van der Waals surface area (Å²) >= 11 is 0. The number of likely N-dealkylation sites (tertiary alicyclic amines) is 1. The SMILES string of the molecule is COc1cc(C(=O)N2CC(C)C2)ccc1F. The molecule has 1 aliphatic heterocycles. The first-order valence-corrected chi connectivity index (χ1v) is 5.24. The molecule has 2 rings (SSSR count). The first-order valence-electron chi connectivity index (χ1n) is 5.24. The number of benzene rings is 1. The van der Waals surface area contributed by atoms with E-state index in [2.05, 4.69) is 6.92 Å². The number of methoxy groups -OCH3 is 1. The summed E-state index contributed by atoms with van der Waals surface area (Å²) < 4.78 is 18.0. The Hall–Kier alpha value is -1.58. The summed E-state index contributed by atoms with van der Waals surface area (Å²) in [4.78, 5) is 13.6. The zero-order valence-corrected chi connectivity index (χ0v) is 9.37. The minimum absolute atomic E-state index is 0.0589. The molecule has 3 nitrogen and oxygen atoms in total. The Morgan fingerprint density at radius 2 is 2.19 bits per heavy atom. The molecule has 0 unspecified atom stereocenters. The predicted octanol–water partition coefficient (Wildman–Crippen LogP) is 1.93. The van der Waals surface area contributed by atoms with Gasteiger partial charge in [0.1, 0.15) is 0 Å². The molecule has 0 aromatic heterocycles. The van der Waals surface area contributed by atoms with Crippen LogP contribution < -0.4 is 4.74 Å². The number of carbonyl (C=O) groups excluding carboxylic acids is 1. The van der Waals surface area contributed by atoms with Crippen LogP contribution in [0.15, 0.2) is 18.2 Å². The highest BCUT2D eigenvalue weighted by Gasteiger charge is 2.28. The lowest BCUT2D eigenvalue weighted by molar-refractivity contribution is 0.0530. The normalized spacial score (nSPS) is 15.8. The molecule has 1 heterocycles. The van der Waals surface area contributed by atoms with Crippen molar-refractivity contribution in [1.29, 1.82) is 0 Å². The summed E-state index contributed by atoms with van der Waals surface area (Å²) in [7, 11) is 1.39. The van der Waals surface area contributed by atoms with Crippen LogP contribution in [0.3, 0.4) is 0 Å². The summed E-state index contributed by atoms with van der Waals surface area (Å²) in [6.45, 7) is 3.64. The van der Waals surface area contributed by atoms with Gasteiger partial charge in [-0.25, -0.2) is 4.39 Å². The van der Waals surface area contributed by atoms with Crippen LogP contribution in [0.2, 0.25) is 0 Å². The quantitative estimate of drug-likeness (QED) is 0.766. The highest BCUT2D eigenvalue weighted by atomic mass is 19.1. The van der Waals surface area contributed by atoms with E-state index < -0.39 is 5.82 Å². The topological polar surface area (TPSA) is 29.5 Å². The van der Waals surface area contributed by atoms with Gasteiger partial charge in [0.25, 0.3) is 5.91 Å². The zero-order valence-electron chi connectivity index (χ0n) is 9.37. The van der Waals surface area contributed by atoms with E-state index >= 15 is 0 Å². The number of halogens is 1. The number of rotatable bonds is 2. The van der Waals surface area contributed by atoms with Crippen molar-refractivity contribution in [2.24, 2.45) is 5.92 Å². The van der Waals surface area contributed by atoms with Gasteiger partial charge in [-0.05, 0) is 24.1 Å². The Labute approximate surface area is 93.8 Å². The van der Waals surface area contributed by atoms with Crippen molar-refractivity contribution >= 4 is 5.91 Å². The molecule has 1 aromatic carbocycles. The number of nitrogens with zero attached hydrogens (tertiary/aromatic N) is 1. The number of ether oxygens (including phenoxy) is 1. The lowest BCUT2D eigenvalue weighted by Gasteiger charge is -2.37. The second kappa shape index (κ2) is 4.12. The molecule has 0 aliphatic carbocycles. The van der Waals surface area contributed by atoms with Crippen LogP contribution in [-0.4, -0.2) is 31.0 Å². The van der Waals surface area contributed by atoms with Crippen molar-refractivity contribution in [3.05, 3.63) is 29.6 Å². The van der Waals surface area contributed by atoms with E-state index in [4.69, 9.17) is 4.74 Å². The second-order valence-electron chi connectivity index (χ2n) is 4.16. The molecule has 0 saturated carbocycles. The third kappa shape index (κ3) is 1.87. The highest BCUT2D eigenvalue weighted by Crippen LogP contribution is 2.22. The largest absolute Gasteiger partial charge is 0.494 e. The van der Waals surface area contributed by atoms with E-state index in [-0.39, 0.29) is 11.7 Å². The Morgan fingerprint density at radius 1 is 1.50 bits per heavy atom. The molecular formula is C12H14FNO2. The van der Waals surface area contributed by atoms with Gasteiger partial charge in [0, 0.05) is 18.7 Å².